The molecule has 0 aliphatic carbocycles. The normalized spacial score (nSPS) is 17.0. The lowest BCUT2D eigenvalue weighted by molar-refractivity contribution is -0.155. The Morgan fingerprint density at radius 3 is 2.56 bits per heavy atom. The number of benzene rings is 1. The third-order valence-corrected chi connectivity index (χ3v) is 4.62. The Bertz CT molecular complexity index is 784. The lowest BCUT2D eigenvalue weighted by Gasteiger charge is -2.26. The minimum absolute atomic E-state index is 0.230. The van der Waals surface area contributed by atoms with Gasteiger partial charge in [0.1, 0.15) is 11.5 Å². The molecule has 0 saturated carbocycles. The van der Waals surface area contributed by atoms with E-state index in [-0.39, 0.29) is 11.5 Å². The van der Waals surface area contributed by atoms with Crippen molar-refractivity contribution in [3.05, 3.63) is 59.2 Å². The number of alkyl halides is 3. The monoisotopic (exact) mass is 384 g/mol. The zero-order chi connectivity index (χ0) is 19.4. The summed E-state index contributed by atoms with van der Waals surface area (Å²) in [6.07, 6.45) is -1.42. The standard InChI is InChI=1S/C19H20F4N2O2/c20-15-5-3-14(4-6-15)17(26)2-1-9-25-10-7-13(8-11-25)16-12-18(27-24-16)19(21,22)23/h3-7,12,17,26H,1-2,8-11H2. The Morgan fingerprint density at radius 2 is 1.96 bits per heavy atom. The fraction of sp³-hybridized carbons (Fsp3) is 0.421. The van der Waals surface area contributed by atoms with Crippen molar-refractivity contribution in [1.82, 2.24) is 10.1 Å². The molecule has 0 radical (unpaired) electrons. The molecular weight excluding hydrogens is 364 g/mol. The van der Waals surface area contributed by atoms with Gasteiger partial charge < -0.3 is 9.63 Å². The fourth-order valence-corrected chi connectivity index (χ4v) is 3.07. The molecule has 0 bridgehead atoms. The number of hydrogen-bond donors (Lipinski definition) is 1. The van der Waals surface area contributed by atoms with Crippen molar-refractivity contribution in [3.63, 3.8) is 0 Å². The van der Waals surface area contributed by atoms with Crippen LogP contribution in [0.25, 0.3) is 5.57 Å². The second-order valence-corrected chi connectivity index (χ2v) is 6.56. The van der Waals surface area contributed by atoms with E-state index >= 15 is 0 Å². The molecule has 0 saturated heterocycles. The summed E-state index contributed by atoms with van der Waals surface area (Å²) in [7, 11) is 0. The van der Waals surface area contributed by atoms with Crippen molar-refractivity contribution in [2.45, 2.75) is 31.5 Å². The zero-order valence-corrected chi connectivity index (χ0v) is 14.5. The molecule has 1 aliphatic rings. The van der Waals surface area contributed by atoms with E-state index in [0.717, 1.165) is 24.6 Å². The number of hydrogen-bond acceptors (Lipinski definition) is 4. The molecule has 2 aromatic rings. The van der Waals surface area contributed by atoms with E-state index in [1.54, 1.807) is 12.1 Å². The Labute approximate surface area is 154 Å². The summed E-state index contributed by atoms with van der Waals surface area (Å²) in [6.45, 7) is 2.07. The Balaban J connectivity index is 1.46. The summed E-state index contributed by atoms with van der Waals surface area (Å²) in [6, 6.07) is 6.72. The Hall–Kier alpha value is -2.19. The average Bonchev–Trinajstić information content (AvgIpc) is 3.13. The van der Waals surface area contributed by atoms with Crippen LogP contribution in [-0.4, -0.2) is 34.8 Å². The highest BCUT2D eigenvalue weighted by atomic mass is 19.4. The van der Waals surface area contributed by atoms with E-state index < -0.39 is 18.0 Å². The van der Waals surface area contributed by atoms with E-state index in [9.17, 15) is 22.7 Å². The topological polar surface area (TPSA) is 49.5 Å². The zero-order valence-electron chi connectivity index (χ0n) is 14.5. The lowest BCUT2D eigenvalue weighted by atomic mass is 10.0. The predicted molar refractivity (Wildman–Crippen MR) is 91.1 cm³/mol. The van der Waals surface area contributed by atoms with Gasteiger partial charge in [0.25, 0.3) is 0 Å². The quantitative estimate of drug-likeness (QED) is 0.749. The summed E-state index contributed by atoms with van der Waals surface area (Å²) < 4.78 is 55.0. The van der Waals surface area contributed by atoms with Crippen LogP contribution in [-0.2, 0) is 6.18 Å². The van der Waals surface area contributed by atoms with Crippen LogP contribution in [0.4, 0.5) is 17.6 Å². The summed E-state index contributed by atoms with van der Waals surface area (Å²) in [5.41, 5.74) is 1.66. The first kappa shape index (κ1) is 19.6. The summed E-state index contributed by atoms with van der Waals surface area (Å²) in [5, 5.41) is 13.7. The van der Waals surface area contributed by atoms with E-state index in [1.807, 2.05) is 6.08 Å². The number of rotatable bonds is 6. The number of aromatic nitrogens is 1. The maximum absolute atomic E-state index is 12.9. The van der Waals surface area contributed by atoms with Crippen molar-refractivity contribution in [2.75, 3.05) is 19.6 Å². The van der Waals surface area contributed by atoms with Gasteiger partial charge in [0.05, 0.1) is 6.10 Å². The molecule has 1 unspecified atom stereocenters. The van der Waals surface area contributed by atoms with Crippen molar-refractivity contribution in [2.24, 2.45) is 0 Å². The van der Waals surface area contributed by atoms with Crippen LogP contribution in [0.15, 0.2) is 40.9 Å². The third-order valence-electron chi connectivity index (χ3n) is 4.62. The molecule has 0 fully saturated rings. The van der Waals surface area contributed by atoms with E-state index in [2.05, 4.69) is 14.6 Å². The third kappa shape index (κ3) is 5.17. The van der Waals surface area contributed by atoms with Gasteiger partial charge in [-0.2, -0.15) is 13.2 Å². The van der Waals surface area contributed by atoms with Crippen LogP contribution in [0, 0.1) is 5.82 Å². The highest BCUT2D eigenvalue weighted by Crippen LogP contribution is 2.32. The van der Waals surface area contributed by atoms with Gasteiger partial charge in [-0.25, -0.2) is 4.39 Å². The molecule has 0 spiro atoms. The van der Waals surface area contributed by atoms with E-state index in [1.165, 1.54) is 12.1 Å². The van der Waals surface area contributed by atoms with Gasteiger partial charge in [-0.05, 0) is 49.1 Å². The Kier molecular flexibility index (Phi) is 5.96. The molecule has 1 N–H and O–H groups in total. The fourth-order valence-electron chi connectivity index (χ4n) is 3.07. The molecule has 1 atom stereocenters. The second kappa shape index (κ2) is 8.22. The first-order chi connectivity index (χ1) is 12.8. The van der Waals surface area contributed by atoms with Gasteiger partial charge in [-0.3, -0.25) is 4.90 Å². The van der Waals surface area contributed by atoms with Gasteiger partial charge in [0, 0.05) is 19.2 Å². The highest BCUT2D eigenvalue weighted by Gasteiger charge is 2.36. The number of aliphatic hydroxyl groups excluding tert-OH is 1. The summed E-state index contributed by atoms with van der Waals surface area (Å²) in [5.74, 6) is -1.42. The molecule has 27 heavy (non-hydrogen) atoms. The van der Waals surface area contributed by atoms with Gasteiger partial charge in [-0.15, -0.1) is 0 Å². The van der Waals surface area contributed by atoms with Crippen molar-refractivity contribution in [1.29, 1.82) is 0 Å². The molecule has 1 aromatic carbocycles. The van der Waals surface area contributed by atoms with Crippen LogP contribution in [0.3, 0.4) is 0 Å². The maximum Gasteiger partial charge on any atom is 0.452 e. The number of halogens is 4. The maximum atomic E-state index is 12.9. The molecule has 8 heteroatoms. The van der Waals surface area contributed by atoms with Gasteiger partial charge in [0.2, 0.25) is 5.76 Å². The summed E-state index contributed by atoms with van der Waals surface area (Å²) >= 11 is 0. The molecule has 3 rings (SSSR count). The smallest absolute Gasteiger partial charge is 0.388 e. The van der Waals surface area contributed by atoms with Crippen LogP contribution >= 0.6 is 0 Å². The lowest BCUT2D eigenvalue weighted by Crippen LogP contribution is -2.29. The van der Waals surface area contributed by atoms with Crippen molar-refractivity contribution in [3.8, 4) is 0 Å². The molecule has 2 heterocycles. The largest absolute Gasteiger partial charge is 0.452 e. The minimum atomic E-state index is -4.53. The molecule has 146 valence electrons. The van der Waals surface area contributed by atoms with Crippen molar-refractivity contribution < 1.29 is 27.2 Å². The SMILES string of the molecule is OC(CCCN1CC=C(c2cc(C(F)(F)F)on2)CC1)c1ccc(F)cc1. The highest BCUT2D eigenvalue weighted by molar-refractivity contribution is 5.63. The van der Waals surface area contributed by atoms with Gasteiger partial charge in [-0.1, -0.05) is 23.4 Å². The van der Waals surface area contributed by atoms with Crippen LogP contribution in [0.5, 0.6) is 0 Å². The summed E-state index contributed by atoms with van der Waals surface area (Å²) in [4.78, 5) is 2.16. The molecular formula is C19H20F4N2O2. The second-order valence-electron chi connectivity index (χ2n) is 6.56. The van der Waals surface area contributed by atoms with E-state index in [0.29, 0.717) is 31.5 Å². The predicted octanol–water partition coefficient (Wildman–Crippen LogP) is 4.44. The van der Waals surface area contributed by atoms with Gasteiger partial charge >= 0.3 is 6.18 Å². The van der Waals surface area contributed by atoms with Gasteiger partial charge in [0.15, 0.2) is 0 Å². The van der Waals surface area contributed by atoms with Crippen LogP contribution in [0.2, 0.25) is 0 Å². The molecule has 0 amide bonds. The molecule has 1 aromatic heterocycles. The molecule has 4 nitrogen and oxygen atoms in total. The first-order valence-electron chi connectivity index (χ1n) is 8.72. The van der Waals surface area contributed by atoms with Crippen LogP contribution < -0.4 is 0 Å². The van der Waals surface area contributed by atoms with E-state index in [4.69, 9.17) is 0 Å². The first-order valence-corrected chi connectivity index (χ1v) is 8.72. The number of nitrogens with zero attached hydrogens (tertiary/aromatic N) is 2. The minimum Gasteiger partial charge on any atom is -0.388 e. The average molecular weight is 384 g/mol. The number of aliphatic hydroxyl groups is 1. The molecule has 1 aliphatic heterocycles. The Morgan fingerprint density at radius 1 is 1.22 bits per heavy atom. The van der Waals surface area contributed by atoms with Crippen molar-refractivity contribution >= 4 is 5.57 Å². The van der Waals surface area contributed by atoms with Crippen LogP contribution in [0.1, 0.15) is 42.4 Å².